The fourth-order valence-corrected chi connectivity index (χ4v) is 2.67. The summed E-state index contributed by atoms with van der Waals surface area (Å²) in [7, 11) is 0. The normalized spacial score (nSPS) is 20.1. The first kappa shape index (κ1) is 16.5. The smallest absolute Gasteiger partial charge is 0.255 e. The third-order valence-electron chi connectivity index (χ3n) is 4.06. The number of aryl methyl sites for hydroxylation is 1. The van der Waals surface area contributed by atoms with Gasteiger partial charge in [-0.15, -0.1) is 0 Å². The summed E-state index contributed by atoms with van der Waals surface area (Å²) in [5.41, 5.74) is 1.59. The summed E-state index contributed by atoms with van der Waals surface area (Å²) in [5, 5.41) is 5.84. The number of carbonyl (C=O) groups excluding carboxylic acids is 1. The highest BCUT2D eigenvalue weighted by Gasteiger charge is 2.24. The van der Waals surface area contributed by atoms with Crippen LogP contribution in [0.4, 0.5) is 4.39 Å². The Hall–Kier alpha value is -2.34. The minimum Gasteiger partial charge on any atom is -0.486 e. The van der Waals surface area contributed by atoms with Gasteiger partial charge >= 0.3 is 0 Å². The quantitative estimate of drug-likeness (QED) is 0.853. The van der Waals surface area contributed by atoms with E-state index in [1.807, 2.05) is 31.2 Å². The van der Waals surface area contributed by atoms with Crippen LogP contribution in [0.15, 0.2) is 41.0 Å². The summed E-state index contributed by atoms with van der Waals surface area (Å²) in [5.74, 6) is 0.943. The minimum atomic E-state index is -0.834. The fourth-order valence-electron chi connectivity index (χ4n) is 2.67. The second-order valence-corrected chi connectivity index (χ2v) is 6.01. The number of amides is 1. The lowest BCUT2D eigenvalue weighted by Crippen LogP contribution is -2.37. The van der Waals surface area contributed by atoms with E-state index in [-0.39, 0.29) is 18.6 Å². The van der Waals surface area contributed by atoms with E-state index >= 15 is 0 Å². The lowest BCUT2D eigenvalue weighted by atomic mass is 10.2. The molecule has 2 heterocycles. The molecule has 2 N–H and O–H groups in total. The highest BCUT2D eigenvalue weighted by molar-refractivity contribution is 5.95. The monoisotopic (exact) mass is 332 g/mol. The van der Waals surface area contributed by atoms with Gasteiger partial charge in [0.05, 0.1) is 11.8 Å². The van der Waals surface area contributed by atoms with E-state index in [1.165, 1.54) is 6.26 Å². The van der Waals surface area contributed by atoms with E-state index in [0.717, 1.165) is 5.56 Å². The number of benzene rings is 1. The molecule has 5 nitrogen and oxygen atoms in total. The number of nitrogens with one attached hydrogen (secondary N) is 2. The maximum atomic E-state index is 13.1. The predicted molar refractivity (Wildman–Crippen MR) is 87.9 cm³/mol. The number of hydrogen-bond donors (Lipinski definition) is 2. The van der Waals surface area contributed by atoms with Crippen molar-refractivity contribution in [1.82, 2.24) is 10.6 Å². The average Bonchev–Trinajstić information content (AvgIpc) is 3.21. The molecule has 1 aliphatic heterocycles. The molecule has 0 unspecified atom stereocenters. The lowest BCUT2D eigenvalue weighted by Gasteiger charge is -2.11. The Balaban J connectivity index is 1.54. The van der Waals surface area contributed by atoms with Crippen LogP contribution in [-0.2, 0) is 6.61 Å². The molecular weight excluding hydrogens is 311 g/mol. The van der Waals surface area contributed by atoms with E-state index < -0.39 is 6.17 Å². The molecule has 6 heteroatoms. The van der Waals surface area contributed by atoms with Crippen molar-refractivity contribution >= 4 is 5.91 Å². The van der Waals surface area contributed by atoms with E-state index in [9.17, 15) is 9.18 Å². The van der Waals surface area contributed by atoms with Crippen molar-refractivity contribution in [3.63, 3.8) is 0 Å². The molecule has 1 aromatic heterocycles. The molecule has 2 atom stereocenters. The predicted octanol–water partition coefficient (Wildman–Crippen LogP) is 2.60. The Labute approximate surface area is 140 Å². The van der Waals surface area contributed by atoms with E-state index in [0.29, 0.717) is 36.6 Å². The van der Waals surface area contributed by atoms with Crippen molar-refractivity contribution in [2.24, 2.45) is 0 Å². The molecule has 0 radical (unpaired) electrons. The molecule has 1 saturated heterocycles. The number of rotatable bonds is 6. The Morgan fingerprint density at radius 1 is 1.38 bits per heavy atom. The number of alkyl halides is 1. The summed E-state index contributed by atoms with van der Waals surface area (Å²) in [6, 6.07) is 9.25. The third kappa shape index (κ3) is 4.14. The van der Waals surface area contributed by atoms with E-state index in [1.54, 1.807) is 6.07 Å². The highest BCUT2D eigenvalue weighted by Crippen LogP contribution is 2.17. The second kappa shape index (κ2) is 7.49. The largest absolute Gasteiger partial charge is 0.486 e. The summed E-state index contributed by atoms with van der Waals surface area (Å²) in [4.78, 5) is 12.3. The fraction of sp³-hybridized carbons (Fsp3) is 0.389. The van der Waals surface area contributed by atoms with Crippen molar-refractivity contribution in [1.29, 1.82) is 0 Å². The molecule has 1 aromatic carbocycles. The molecule has 0 aliphatic carbocycles. The van der Waals surface area contributed by atoms with Crippen LogP contribution in [0.25, 0.3) is 0 Å². The number of ether oxygens (including phenoxy) is 1. The van der Waals surface area contributed by atoms with Gasteiger partial charge in [-0.2, -0.15) is 0 Å². The molecule has 0 saturated carbocycles. The van der Waals surface area contributed by atoms with Gasteiger partial charge in [0.2, 0.25) is 0 Å². The topological polar surface area (TPSA) is 63.5 Å². The molecular formula is C18H21FN2O3. The number of hydrogen-bond acceptors (Lipinski definition) is 4. The molecule has 128 valence electrons. The maximum absolute atomic E-state index is 13.1. The molecule has 3 rings (SSSR count). The highest BCUT2D eigenvalue weighted by atomic mass is 19.1. The number of furan rings is 1. The lowest BCUT2D eigenvalue weighted by molar-refractivity contribution is 0.0945. The molecule has 2 aromatic rings. The zero-order chi connectivity index (χ0) is 16.9. The average molecular weight is 332 g/mol. The zero-order valence-electron chi connectivity index (χ0n) is 13.5. The number of halogens is 1. The molecule has 0 spiro atoms. The first-order chi connectivity index (χ1) is 11.6. The van der Waals surface area contributed by atoms with Gasteiger partial charge < -0.3 is 19.8 Å². The van der Waals surface area contributed by atoms with Crippen LogP contribution in [-0.4, -0.2) is 31.2 Å². The van der Waals surface area contributed by atoms with Gasteiger partial charge in [-0.25, -0.2) is 4.39 Å². The number of carbonyl (C=O) groups is 1. The van der Waals surface area contributed by atoms with Crippen molar-refractivity contribution in [2.75, 3.05) is 13.1 Å². The molecule has 1 fully saturated rings. The van der Waals surface area contributed by atoms with Crippen LogP contribution in [0.3, 0.4) is 0 Å². The van der Waals surface area contributed by atoms with Crippen LogP contribution in [0, 0.1) is 6.92 Å². The van der Waals surface area contributed by atoms with Gasteiger partial charge in [0.1, 0.15) is 18.5 Å². The van der Waals surface area contributed by atoms with Gasteiger partial charge in [0.25, 0.3) is 5.91 Å². The van der Waals surface area contributed by atoms with E-state index in [4.69, 9.17) is 9.15 Å². The summed E-state index contributed by atoms with van der Waals surface area (Å²) in [6.07, 6.45) is 1.06. The van der Waals surface area contributed by atoms with Crippen molar-refractivity contribution in [3.8, 4) is 5.75 Å². The van der Waals surface area contributed by atoms with Gasteiger partial charge in [0, 0.05) is 19.1 Å². The van der Waals surface area contributed by atoms with Crippen LogP contribution in [0.1, 0.15) is 28.1 Å². The molecule has 24 heavy (non-hydrogen) atoms. The Morgan fingerprint density at radius 2 is 2.17 bits per heavy atom. The Kier molecular flexibility index (Phi) is 5.15. The van der Waals surface area contributed by atoms with Crippen molar-refractivity contribution < 1.29 is 18.3 Å². The van der Waals surface area contributed by atoms with Crippen LogP contribution >= 0.6 is 0 Å². The second-order valence-electron chi connectivity index (χ2n) is 6.01. The van der Waals surface area contributed by atoms with Gasteiger partial charge in [-0.3, -0.25) is 4.79 Å². The van der Waals surface area contributed by atoms with Gasteiger partial charge in [0.15, 0.2) is 5.76 Å². The third-order valence-corrected chi connectivity index (χ3v) is 4.06. The summed E-state index contributed by atoms with van der Waals surface area (Å²) >= 11 is 0. The SMILES string of the molecule is Cc1ccc(OCc2occc2C(=O)NC[C@@H]2C[C@H](F)CN2)cc1. The maximum Gasteiger partial charge on any atom is 0.255 e. The van der Waals surface area contributed by atoms with Crippen molar-refractivity contribution in [2.45, 2.75) is 32.2 Å². The first-order valence-electron chi connectivity index (χ1n) is 8.03. The molecule has 1 aliphatic rings. The van der Waals surface area contributed by atoms with Crippen LogP contribution in [0.2, 0.25) is 0 Å². The zero-order valence-corrected chi connectivity index (χ0v) is 13.5. The van der Waals surface area contributed by atoms with Gasteiger partial charge in [-0.1, -0.05) is 17.7 Å². The minimum absolute atomic E-state index is 0.0249. The van der Waals surface area contributed by atoms with E-state index in [2.05, 4.69) is 10.6 Å². The molecule has 1 amide bonds. The van der Waals surface area contributed by atoms with Gasteiger partial charge in [-0.05, 0) is 31.5 Å². The Bertz CT molecular complexity index is 684. The summed E-state index contributed by atoms with van der Waals surface area (Å²) in [6.45, 7) is 2.92. The molecule has 0 bridgehead atoms. The standard InChI is InChI=1S/C18H21FN2O3/c1-12-2-4-15(5-3-12)24-11-17-16(6-7-23-17)18(22)21-10-14-8-13(19)9-20-14/h2-7,13-14,20H,8-11H2,1H3,(H,21,22)/t13-,14-/m0/s1. The van der Waals surface area contributed by atoms with Crippen LogP contribution < -0.4 is 15.4 Å². The first-order valence-corrected chi connectivity index (χ1v) is 8.03. The van der Waals surface area contributed by atoms with Crippen LogP contribution in [0.5, 0.6) is 5.75 Å². The Morgan fingerprint density at radius 3 is 2.88 bits per heavy atom. The van der Waals surface area contributed by atoms with Crippen molar-refractivity contribution in [3.05, 3.63) is 53.5 Å². The summed E-state index contributed by atoms with van der Waals surface area (Å²) < 4.78 is 24.1.